The van der Waals surface area contributed by atoms with Crippen molar-refractivity contribution in [3.05, 3.63) is 282 Å². The second-order valence-corrected chi connectivity index (χ2v) is 23.4. The minimum Gasteiger partial charge on any atom is -0.509 e. The van der Waals surface area contributed by atoms with E-state index in [0.717, 1.165) is 50.4 Å². The van der Waals surface area contributed by atoms with Gasteiger partial charge in [-0.15, -0.1) is 48.1 Å². The van der Waals surface area contributed by atoms with E-state index in [0.29, 0.717) is 11.5 Å². The topological polar surface area (TPSA) is 33.5 Å². The van der Waals surface area contributed by atoms with Crippen LogP contribution in [0.2, 0.25) is 0 Å². The molecule has 3 heterocycles. The fraction of sp³-hybridized carbons (Fsp3) is 0.178. The van der Waals surface area contributed by atoms with Crippen LogP contribution < -0.4 is 14.5 Å². The predicted molar refractivity (Wildman–Crippen MR) is 324 cm³/mol. The first-order valence-corrected chi connectivity index (χ1v) is 27.2. The molecule has 396 valence electrons. The second-order valence-electron chi connectivity index (χ2n) is 23.4. The molecule has 79 heavy (non-hydrogen) atoms. The maximum atomic E-state index is 6.88. The van der Waals surface area contributed by atoms with Gasteiger partial charge in [0.15, 0.2) is 0 Å². The summed E-state index contributed by atoms with van der Waals surface area (Å²) in [6.45, 7) is 23.1. The molecule has 0 saturated carbocycles. The van der Waals surface area contributed by atoms with Crippen LogP contribution in [0.3, 0.4) is 0 Å². The van der Waals surface area contributed by atoms with Gasteiger partial charge in [0.1, 0.15) is 5.82 Å². The average Bonchev–Trinajstić information content (AvgIpc) is 4.27. The number of aromatic nitrogens is 2. The monoisotopic (exact) mass is 1210 g/mol. The minimum absolute atomic E-state index is 0. The summed E-state index contributed by atoms with van der Waals surface area (Å²) in [5.41, 5.74) is 16.0. The van der Waals surface area contributed by atoms with Crippen molar-refractivity contribution in [1.29, 1.82) is 0 Å². The summed E-state index contributed by atoms with van der Waals surface area (Å²) in [5, 5.41) is 2.20. The average molecular weight is 1210 g/mol. The van der Waals surface area contributed by atoms with Crippen molar-refractivity contribution in [3.8, 4) is 28.4 Å². The number of ether oxygens (including phenoxy) is 1. The fourth-order valence-electron chi connectivity index (χ4n) is 11.5. The van der Waals surface area contributed by atoms with Gasteiger partial charge >= 0.3 is 0 Å². The Morgan fingerprint density at radius 1 is 0.430 bits per heavy atom. The summed E-state index contributed by atoms with van der Waals surface area (Å²) in [7, 11) is 0. The molecule has 1 aliphatic heterocycles. The number of pyridine rings is 1. The molecule has 0 amide bonds. The van der Waals surface area contributed by atoms with Crippen molar-refractivity contribution in [2.24, 2.45) is 0 Å². The maximum Gasteiger partial charge on any atom is 0.135 e. The van der Waals surface area contributed by atoms with E-state index in [-0.39, 0.29) is 42.7 Å². The van der Waals surface area contributed by atoms with Crippen LogP contribution in [0, 0.1) is 18.8 Å². The van der Waals surface area contributed by atoms with Gasteiger partial charge in [-0.05, 0) is 103 Å². The molecule has 12 rings (SSSR count). The van der Waals surface area contributed by atoms with Crippen molar-refractivity contribution in [3.63, 3.8) is 0 Å². The van der Waals surface area contributed by atoms with E-state index >= 15 is 0 Å². The number of benzene rings is 9. The van der Waals surface area contributed by atoms with Gasteiger partial charge < -0.3 is 19.1 Å². The molecule has 2 aromatic heterocycles. The Morgan fingerprint density at radius 3 is 1.61 bits per heavy atom. The zero-order chi connectivity index (χ0) is 54.0. The SMILES string of the molecule is CC(C)(C)c1cc(-c2ccccc2)cc(N2[CH-]N(c3[c-]c(Oc4[c-]c5c(cc4)c4ccccc4n5-c4cc(C(C)(C)c5ccccc5)ccn4)ccc3)c3cc(C(C)(C)c4ccccc4)c(C(C)(C)c4ccccc4)cc32)c1.[Pt]. The summed E-state index contributed by atoms with van der Waals surface area (Å²) in [6, 6.07) is 85.9. The second kappa shape index (κ2) is 20.7. The predicted octanol–water partition coefficient (Wildman–Crippen LogP) is 18.9. The molecule has 6 heteroatoms. The zero-order valence-electron chi connectivity index (χ0n) is 46.5. The Labute approximate surface area is 481 Å². The molecular formula is C73H65N4OPt-3. The Hall–Kier alpha value is -7.98. The van der Waals surface area contributed by atoms with E-state index in [4.69, 9.17) is 9.72 Å². The van der Waals surface area contributed by atoms with E-state index in [1.165, 1.54) is 50.1 Å². The molecule has 0 N–H and O–H groups in total. The third-order valence-electron chi connectivity index (χ3n) is 16.4. The molecule has 1 aliphatic rings. The molecular weight excluding hydrogens is 1140 g/mol. The van der Waals surface area contributed by atoms with Crippen LogP contribution in [0.15, 0.2) is 225 Å². The van der Waals surface area contributed by atoms with Crippen molar-refractivity contribution < 1.29 is 25.8 Å². The van der Waals surface area contributed by atoms with E-state index in [2.05, 4.69) is 302 Å². The number of hydrogen-bond donors (Lipinski definition) is 0. The van der Waals surface area contributed by atoms with Crippen LogP contribution in [-0.2, 0) is 42.7 Å². The van der Waals surface area contributed by atoms with Gasteiger partial charge in [-0.1, -0.05) is 213 Å². The summed E-state index contributed by atoms with van der Waals surface area (Å²) in [4.78, 5) is 9.67. The number of rotatable bonds is 12. The van der Waals surface area contributed by atoms with Crippen LogP contribution >= 0.6 is 0 Å². The summed E-state index contributed by atoms with van der Waals surface area (Å²) in [6.07, 6.45) is 1.92. The Kier molecular flexibility index (Phi) is 13.9. The van der Waals surface area contributed by atoms with E-state index in [1.807, 2.05) is 18.3 Å². The number of fused-ring (bicyclic) bond motifs is 4. The summed E-state index contributed by atoms with van der Waals surface area (Å²) < 4.78 is 9.09. The first-order valence-electron chi connectivity index (χ1n) is 27.2. The smallest absolute Gasteiger partial charge is 0.135 e. The minimum atomic E-state index is -0.371. The number of hydrogen-bond acceptors (Lipinski definition) is 4. The van der Waals surface area contributed by atoms with Crippen LogP contribution in [0.5, 0.6) is 11.5 Å². The van der Waals surface area contributed by atoms with Crippen LogP contribution in [0.4, 0.5) is 22.7 Å². The Morgan fingerprint density at radius 2 is 0.987 bits per heavy atom. The van der Waals surface area contributed by atoms with Crippen molar-refractivity contribution in [2.45, 2.75) is 84.0 Å². The molecule has 0 spiro atoms. The normalized spacial score (nSPS) is 12.9. The van der Waals surface area contributed by atoms with Gasteiger partial charge in [0.05, 0.1) is 0 Å². The molecule has 0 aliphatic carbocycles. The third-order valence-corrected chi connectivity index (χ3v) is 16.4. The van der Waals surface area contributed by atoms with Crippen molar-refractivity contribution >= 4 is 44.6 Å². The molecule has 5 nitrogen and oxygen atoms in total. The molecule has 0 atom stereocenters. The van der Waals surface area contributed by atoms with Gasteiger partial charge in [-0.25, -0.2) is 4.98 Å². The maximum absolute atomic E-state index is 6.88. The fourth-order valence-corrected chi connectivity index (χ4v) is 11.5. The van der Waals surface area contributed by atoms with Crippen LogP contribution in [-0.4, -0.2) is 9.55 Å². The Bertz CT molecular complexity index is 3990. The van der Waals surface area contributed by atoms with E-state index < -0.39 is 0 Å². The molecule has 9 aromatic carbocycles. The zero-order valence-corrected chi connectivity index (χ0v) is 48.7. The van der Waals surface area contributed by atoms with E-state index in [9.17, 15) is 0 Å². The van der Waals surface area contributed by atoms with Gasteiger partial charge in [0, 0.05) is 77.6 Å². The molecule has 0 radical (unpaired) electrons. The molecule has 0 saturated heterocycles. The van der Waals surface area contributed by atoms with Crippen LogP contribution in [0.25, 0.3) is 38.8 Å². The van der Waals surface area contributed by atoms with Crippen molar-refractivity contribution in [2.75, 3.05) is 9.80 Å². The molecule has 0 unspecified atom stereocenters. The standard InChI is InChI=1S/C73H65N4O.Pt/c1-70(2,3)56-41-51(50-25-14-10-15-26-50)42-58(43-56)76-49-75(67-47-63(72(6,7)53-29-18-12-19-30-53)64(48-68(67)76)73(8,9)54-31-20-13-21-32-54)57-33-24-34-59(45-57)78-60-37-38-62-61-35-22-23-36-65(61)77(66(62)46-60)69-44-55(39-40-74-69)71(4,5)52-27-16-11-17-28-52;/h10-44,47-49H,1-9H3;/q-3;. The van der Waals surface area contributed by atoms with Crippen molar-refractivity contribution in [1.82, 2.24) is 9.55 Å². The van der Waals surface area contributed by atoms with Gasteiger partial charge in [-0.2, -0.15) is 12.1 Å². The first kappa shape index (κ1) is 53.0. The van der Waals surface area contributed by atoms with Gasteiger partial charge in [0.2, 0.25) is 0 Å². The first-order chi connectivity index (χ1) is 37.6. The molecule has 11 aromatic rings. The number of para-hydroxylation sites is 1. The summed E-state index contributed by atoms with van der Waals surface area (Å²) >= 11 is 0. The summed E-state index contributed by atoms with van der Waals surface area (Å²) in [5.74, 6) is 1.99. The molecule has 0 fully saturated rings. The number of anilines is 4. The van der Waals surface area contributed by atoms with Gasteiger partial charge in [0.25, 0.3) is 0 Å². The number of nitrogens with zero attached hydrogens (tertiary/aromatic N) is 4. The molecule has 0 bridgehead atoms. The quantitative estimate of drug-likeness (QED) is 0.114. The largest absolute Gasteiger partial charge is 0.509 e. The third kappa shape index (κ3) is 9.78. The van der Waals surface area contributed by atoms with Crippen LogP contribution in [0.1, 0.15) is 101 Å². The van der Waals surface area contributed by atoms with E-state index in [1.54, 1.807) is 0 Å². The Balaban J connectivity index is 0.00000660. The van der Waals surface area contributed by atoms with Gasteiger partial charge in [-0.3, -0.25) is 0 Å².